The van der Waals surface area contributed by atoms with E-state index in [-0.39, 0.29) is 5.04 Å². The first kappa shape index (κ1) is 14.1. The van der Waals surface area contributed by atoms with Crippen molar-refractivity contribution in [2.45, 2.75) is 63.5 Å². The van der Waals surface area contributed by atoms with Crippen molar-refractivity contribution in [2.75, 3.05) is 14.2 Å². The van der Waals surface area contributed by atoms with Crippen molar-refractivity contribution in [1.82, 2.24) is 0 Å². The molecule has 19 heavy (non-hydrogen) atoms. The summed E-state index contributed by atoms with van der Waals surface area (Å²) < 4.78 is 12.4. The van der Waals surface area contributed by atoms with Crippen LogP contribution in [0.5, 0.6) is 0 Å². The van der Waals surface area contributed by atoms with Crippen LogP contribution in [0.15, 0.2) is 0 Å². The van der Waals surface area contributed by atoms with Crippen LogP contribution < -0.4 is 0 Å². The Kier molecular flexibility index (Phi) is 3.39. The summed E-state index contributed by atoms with van der Waals surface area (Å²) in [5.41, 5.74) is 0.732. The van der Waals surface area contributed by atoms with Gasteiger partial charge in [-0.15, -0.1) is 0 Å². The van der Waals surface area contributed by atoms with Gasteiger partial charge in [-0.2, -0.15) is 0 Å². The van der Waals surface area contributed by atoms with E-state index in [2.05, 4.69) is 20.8 Å². The maximum atomic E-state index is 6.19. The Bertz CT molecular complexity index is 315. The largest absolute Gasteiger partial charge is 0.397 e. The predicted molar refractivity (Wildman–Crippen MR) is 80.3 cm³/mol. The molecule has 0 atom stereocenters. The minimum atomic E-state index is -2.15. The van der Waals surface area contributed by atoms with Gasteiger partial charge in [0, 0.05) is 24.8 Å². The molecule has 4 fully saturated rings. The summed E-state index contributed by atoms with van der Waals surface area (Å²) in [6, 6.07) is 0. The molecule has 0 spiro atoms. The van der Waals surface area contributed by atoms with Gasteiger partial charge in [0.2, 0.25) is 0 Å². The van der Waals surface area contributed by atoms with Crippen molar-refractivity contribution in [3.8, 4) is 0 Å². The predicted octanol–water partition coefficient (Wildman–Crippen LogP) is 4.35. The Morgan fingerprint density at radius 1 is 0.789 bits per heavy atom. The van der Waals surface area contributed by atoms with Crippen LogP contribution >= 0.6 is 0 Å². The normalized spacial score (nSPS) is 41.8. The van der Waals surface area contributed by atoms with Crippen LogP contribution in [-0.2, 0) is 8.85 Å². The van der Waals surface area contributed by atoms with Crippen LogP contribution in [0, 0.1) is 23.7 Å². The van der Waals surface area contributed by atoms with Gasteiger partial charge in [-0.05, 0) is 55.8 Å². The standard InChI is InChI=1S/C16H30O2Si/c1-16(2,3)19(17-4,18-5)15-13-7-11-6-12(9-13)10-14(15)8-11/h11-15H,6-10H2,1-5H3. The maximum absolute atomic E-state index is 6.19. The second-order valence-electron chi connectivity index (χ2n) is 8.28. The van der Waals surface area contributed by atoms with Crippen LogP contribution in [0.1, 0.15) is 52.9 Å². The van der Waals surface area contributed by atoms with Gasteiger partial charge < -0.3 is 8.85 Å². The molecule has 0 heterocycles. The van der Waals surface area contributed by atoms with E-state index in [0.717, 1.165) is 29.2 Å². The van der Waals surface area contributed by atoms with E-state index in [0.29, 0.717) is 0 Å². The van der Waals surface area contributed by atoms with Crippen LogP contribution in [0.2, 0.25) is 10.6 Å². The third-order valence-corrected chi connectivity index (χ3v) is 11.4. The summed E-state index contributed by atoms with van der Waals surface area (Å²) in [4.78, 5) is 0. The number of hydrogen-bond acceptors (Lipinski definition) is 2. The third-order valence-electron chi connectivity index (χ3n) is 6.32. The maximum Gasteiger partial charge on any atom is 0.346 e. The van der Waals surface area contributed by atoms with Gasteiger partial charge in [0.05, 0.1) is 0 Å². The lowest BCUT2D eigenvalue weighted by Crippen LogP contribution is -2.61. The third kappa shape index (κ3) is 1.96. The molecule has 0 saturated heterocycles. The zero-order valence-corrected chi connectivity index (χ0v) is 14.2. The SMILES string of the molecule is CO[Si](OC)(C1C2CC3CC(C2)CC1C3)C(C)(C)C. The molecule has 0 aromatic carbocycles. The fourth-order valence-corrected chi connectivity index (χ4v) is 10.7. The minimum absolute atomic E-state index is 0.163. The monoisotopic (exact) mass is 282 g/mol. The van der Waals surface area contributed by atoms with E-state index in [1.165, 1.54) is 32.1 Å². The van der Waals surface area contributed by atoms with Gasteiger partial charge >= 0.3 is 8.56 Å². The zero-order chi connectivity index (χ0) is 13.8. The van der Waals surface area contributed by atoms with Gasteiger partial charge in [-0.3, -0.25) is 0 Å². The molecule has 0 radical (unpaired) electrons. The van der Waals surface area contributed by atoms with Crippen LogP contribution in [-0.4, -0.2) is 22.8 Å². The Morgan fingerprint density at radius 2 is 1.21 bits per heavy atom. The van der Waals surface area contributed by atoms with Crippen molar-refractivity contribution in [2.24, 2.45) is 23.7 Å². The van der Waals surface area contributed by atoms with E-state index >= 15 is 0 Å². The molecule has 0 aromatic heterocycles. The van der Waals surface area contributed by atoms with E-state index in [1.807, 2.05) is 14.2 Å². The Labute approximate surface area is 119 Å². The zero-order valence-electron chi connectivity index (χ0n) is 13.2. The summed E-state index contributed by atoms with van der Waals surface area (Å²) >= 11 is 0. The second-order valence-corrected chi connectivity index (χ2v) is 12.6. The molecule has 3 heteroatoms. The summed E-state index contributed by atoms with van der Waals surface area (Å²) in [6.07, 6.45) is 7.33. The fraction of sp³-hybridized carbons (Fsp3) is 1.00. The molecular formula is C16H30O2Si. The molecule has 4 aliphatic carbocycles. The van der Waals surface area contributed by atoms with Crippen molar-refractivity contribution >= 4 is 8.56 Å². The van der Waals surface area contributed by atoms with E-state index in [1.54, 1.807) is 0 Å². The van der Waals surface area contributed by atoms with Crippen LogP contribution in [0.25, 0.3) is 0 Å². The Morgan fingerprint density at radius 3 is 1.53 bits per heavy atom. The molecule has 110 valence electrons. The first-order valence-corrected chi connectivity index (χ1v) is 9.91. The van der Waals surface area contributed by atoms with Crippen LogP contribution in [0.3, 0.4) is 0 Å². The quantitative estimate of drug-likeness (QED) is 0.717. The molecule has 4 saturated carbocycles. The van der Waals surface area contributed by atoms with E-state index in [9.17, 15) is 0 Å². The number of rotatable bonds is 3. The molecule has 4 aliphatic rings. The molecule has 0 N–H and O–H groups in total. The average Bonchev–Trinajstić information content (AvgIpc) is 2.31. The van der Waals surface area contributed by atoms with Gasteiger partial charge in [-0.25, -0.2) is 0 Å². The summed E-state index contributed by atoms with van der Waals surface area (Å²) in [5.74, 6) is 3.84. The summed E-state index contributed by atoms with van der Waals surface area (Å²) in [7, 11) is 1.67. The van der Waals surface area contributed by atoms with Crippen LogP contribution in [0.4, 0.5) is 0 Å². The van der Waals surface area contributed by atoms with Gasteiger partial charge in [0.15, 0.2) is 0 Å². The van der Waals surface area contributed by atoms with Crippen molar-refractivity contribution in [3.63, 3.8) is 0 Å². The number of hydrogen-bond donors (Lipinski definition) is 0. The van der Waals surface area contributed by atoms with Gasteiger partial charge in [-0.1, -0.05) is 20.8 Å². The van der Waals surface area contributed by atoms with Gasteiger partial charge in [0.1, 0.15) is 0 Å². The molecule has 4 bridgehead atoms. The summed E-state index contributed by atoms with van der Waals surface area (Å²) in [6.45, 7) is 6.99. The molecular weight excluding hydrogens is 252 g/mol. The Balaban J connectivity index is 1.95. The highest BCUT2D eigenvalue weighted by Gasteiger charge is 2.63. The fourth-order valence-electron chi connectivity index (χ4n) is 6.01. The van der Waals surface area contributed by atoms with Crippen molar-refractivity contribution in [1.29, 1.82) is 0 Å². The van der Waals surface area contributed by atoms with Gasteiger partial charge in [0.25, 0.3) is 0 Å². The lowest BCUT2D eigenvalue weighted by Gasteiger charge is -2.60. The highest BCUT2D eigenvalue weighted by atomic mass is 28.4. The molecule has 0 aromatic rings. The summed E-state index contributed by atoms with van der Waals surface area (Å²) in [5, 5.41) is 0.163. The molecule has 2 nitrogen and oxygen atoms in total. The molecule has 0 unspecified atom stereocenters. The second kappa shape index (κ2) is 4.57. The van der Waals surface area contributed by atoms with E-state index < -0.39 is 8.56 Å². The Hall–Kier alpha value is 0.137. The molecule has 0 aliphatic heterocycles. The lowest BCUT2D eigenvalue weighted by atomic mass is 9.56. The minimum Gasteiger partial charge on any atom is -0.397 e. The first-order chi connectivity index (χ1) is 8.91. The molecule has 4 rings (SSSR count). The highest BCUT2D eigenvalue weighted by Crippen LogP contribution is 2.64. The van der Waals surface area contributed by atoms with E-state index in [4.69, 9.17) is 8.85 Å². The average molecular weight is 282 g/mol. The molecule has 0 amide bonds. The smallest absolute Gasteiger partial charge is 0.346 e. The lowest BCUT2D eigenvalue weighted by molar-refractivity contribution is -0.00203. The topological polar surface area (TPSA) is 18.5 Å². The first-order valence-electron chi connectivity index (χ1n) is 8.01. The highest BCUT2D eigenvalue weighted by molar-refractivity contribution is 6.72. The van der Waals surface area contributed by atoms with Crippen molar-refractivity contribution in [3.05, 3.63) is 0 Å². The van der Waals surface area contributed by atoms with Crippen molar-refractivity contribution < 1.29 is 8.85 Å².